The molecular weight excluding hydrogens is 212 g/mol. The first kappa shape index (κ1) is 9.96. The smallest absolute Gasteiger partial charge is 0.151 e. The Balaban J connectivity index is 2.19. The molecule has 73 valence electrons. The molecule has 2 nitrogen and oxygen atoms in total. The molecule has 0 spiro atoms. The molecule has 4 heteroatoms. The van der Waals surface area contributed by atoms with Gasteiger partial charge in [-0.15, -0.1) is 11.3 Å². The molecular formula is C10H11N2S2. The first-order chi connectivity index (χ1) is 6.75. The molecule has 0 unspecified atom stereocenters. The average Bonchev–Trinajstić information content (AvgIpc) is 2.57. The van der Waals surface area contributed by atoms with E-state index in [4.69, 9.17) is 5.73 Å². The van der Waals surface area contributed by atoms with Crippen molar-refractivity contribution in [2.24, 2.45) is 0 Å². The number of thiazole rings is 1. The molecule has 0 saturated heterocycles. The Labute approximate surface area is 91.5 Å². The van der Waals surface area contributed by atoms with Gasteiger partial charge in [-0.3, -0.25) is 5.73 Å². The van der Waals surface area contributed by atoms with Crippen LogP contribution < -0.4 is 5.73 Å². The maximum atomic E-state index is 7.42. The minimum absolute atomic E-state index is 0.0213. The summed E-state index contributed by atoms with van der Waals surface area (Å²) in [6, 6.07) is 8.12. The molecule has 14 heavy (non-hydrogen) atoms. The van der Waals surface area contributed by atoms with Gasteiger partial charge in [-0.1, -0.05) is 23.9 Å². The van der Waals surface area contributed by atoms with Crippen molar-refractivity contribution >= 4 is 33.3 Å². The molecule has 0 saturated carbocycles. The van der Waals surface area contributed by atoms with Gasteiger partial charge in [-0.05, 0) is 19.1 Å². The van der Waals surface area contributed by atoms with Crippen molar-refractivity contribution in [1.82, 2.24) is 10.7 Å². The molecule has 0 aliphatic carbocycles. The van der Waals surface area contributed by atoms with E-state index < -0.39 is 0 Å². The van der Waals surface area contributed by atoms with Crippen molar-refractivity contribution in [1.29, 1.82) is 0 Å². The number of rotatable bonds is 3. The number of nitrogens with one attached hydrogen (secondary N) is 1. The van der Waals surface area contributed by atoms with E-state index in [2.05, 4.69) is 11.1 Å². The third kappa shape index (κ3) is 2.26. The van der Waals surface area contributed by atoms with E-state index >= 15 is 0 Å². The van der Waals surface area contributed by atoms with Crippen LogP contribution in [0.5, 0.6) is 0 Å². The van der Waals surface area contributed by atoms with Crippen LogP contribution in [0.3, 0.4) is 0 Å². The highest BCUT2D eigenvalue weighted by atomic mass is 32.2. The standard InChI is InChI=1S/C10H11N2S2/c1-7(11)6-13-10-12-8-4-2-3-5-9(8)14-10/h2-5,7,11H,6H2,1H3/t7-/m1/s1. The number of benzene rings is 1. The zero-order valence-corrected chi connectivity index (χ0v) is 9.49. The molecule has 0 aliphatic heterocycles. The van der Waals surface area contributed by atoms with Gasteiger partial charge in [0.1, 0.15) is 0 Å². The van der Waals surface area contributed by atoms with Crippen molar-refractivity contribution < 1.29 is 0 Å². The van der Waals surface area contributed by atoms with Gasteiger partial charge in [0.15, 0.2) is 4.34 Å². The molecule has 1 radical (unpaired) electrons. The predicted molar refractivity (Wildman–Crippen MR) is 62.9 cm³/mol. The summed E-state index contributed by atoms with van der Waals surface area (Å²) in [6.45, 7) is 1.90. The molecule has 2 rings (SSSR count). The minimum atomic E-state index is -0.0213. The Kier molecular flexibility index (Phi) is 3.05. The zero-order chi connectivity index (χ0) is 9.97. The number of hydrogen-bond donors (Lipinski definition) is 0. The first-order valence-corrected chi connectivity index (χ1v) is 6.25. The Morgan fingerprint density at radius 3 is 3.00 bits per heavy atom. The van der Waals surface area contributed by atoms with Crippen LogP contribution in [0.2, 0.25) is 0 Å². The second kappa shape index (κ2) is 4.29. The molecule has 0 aliphatic rings. The highest BCUT2D eigenvalue weighted by Crippen LogP contribution is 2.29. The summed E-state index contributed by atoms with van der Waals surface area (Å²) in [5.74, 6) is 0.819. The third-order valence-corrected chi connectivity index (χ3v) is 4.17. The average molecular weight is 223 g/mol. The van der Waals surface area contributed by atoms with Crippen LogP contribution in [0.15, 0.2) is 28.6 Å². The predicted octanol–water partition coefficient (Wildman–Crippen LogP) is 3.06. The van der Waals surface area contributed by atoms with E-state index in [-0.39, 0.29) is 6.04 Å². The summed E-state index contributed by atoms with van der Waals surface area (Å²) in [5.41, 5.74) is 8.48. The lowest BCUT2D eigenvalue weighted by molar-refractivity contribution is 0.816. The number of para-hydroxylation sites is 1. The van der Waals surface area contributed by atoms with Gasteiger partial charge in [-0.25, -0.2) is 4.98 Å². The highest BCUT2D eigenvalue weighted by Gasteiger charge is 2.04. The van der Waals surface area contributed by atoms with Gasteiger partial charge < -0.3 is 0 Å². The lowest BCUT2D eigenvalue weighted by atomic mass is 10.3. The van der Waals surface area contributed by atoms with E-state index in [9.17, 15) is 0 Å². The Hall–Kier alpha value is -0.580. The fraction of sp³-hybridized carbons (Fsp3) is 0.300. The molecule has 2 aromatic rings. The molecule has 1 heterocycles. The first-order valence-electron chi connectivity index (χ1n) is 4.45. The number of aromatic nitrogens is 1. The van der Waals surface area contributed by atoms with E-state index in [1.165, 1.54) is 4.70 Å². The van der Waals surface area contributed by atoms with E-state index in [0.717, 1.165) is 15.6 Å². The van der Waals surface area contributed by atoms with Gasteiger partial charge in [0.05, 0.1) is 10.2 Å². The molecule has 1 aromatic heterocycles. The molecule has 0 amide bonds. The Morgan fingerprint density at radius 1 is 1.50 bits per heavy atom. The molecule has 0 bridgehead atoms. The van der Waals surface area contributed by atoms with Gasteiger partial charge >= 0.3 is 0 Å². The van der Waals surface area contributed by atoms with Crippen LogP contribution in [0.4, 0.5) is 0 Å². The van der Waals surface area contributed by atoms with Gasteiger partial charge in [0.2, 0.25) is 0 Å². The minimum Gasteiger partial charge on any atom is -0.254 e. The largest absolute Gasteiger partial charge is 0.254 e. The molecule has 0 fully saturated rings. The molecule has 1 atom stereocenters. The topological polar surface area (TPSA) is 36.7 Å². The van der Waals surface area contributed by atoms with Crippen LogP contribution in [0.25, 0.3) is 10.2 Å². The van der Waals surface area contributed by atoms with E-state index in [1.807, 2.05) is 25.1 Å². The summed E-state index contributed by atoms with van der Waals surface area (Å²) in [5, 5.41) is 0. The van der Waals surface area contributed by atoms with E-state index in [1.54, 1.807) is 23.1 Å². The van der Waals surface area contributed by atoms with Crippen LogP contribution >= 0.6 is 23.1 Å². The third-order valence-electron chi connectivity index (χ3n) is 1.73. The van der Waals surface area contributed by atoms with Crippen LogP contribution in [-0.2, 0) is 0 Å². The lowest BCUT2D eigenvalue weighted by Crippen LogP contribution is -2.04. The Bertz CT molecular complexity index is 390. The fourth-order valence-electron chi connectivity index (χ4n) is 1.11. The van der Waals surface area contributed by atoms with Gasteiger partial charge in [-0.2, -0.15) is 0 Å². The second-order valence-corrected chi connectivity index (χ2v) is 5.46. The van der Waals surface area contributed by atoms with Gasteiger partial charge in [0.25, 0.3) is 0 Å². The SMILES string of the molecule is C[C@@H]([NH])CSc1nc2ccccc2s1. The molecule has 1 aromatic carbocycles. The van der Waals surface area contributed by atoms with Gasteiger partial charge in [0, 0.05) is 11.8 Å². The summed E-state index contributed by atoms with van der Waals surface area (Å²) >= 11 is 3.38. The number of hydrogen-bond acceptors (Lipinski definition) is 3. The highest BCUT2D eigenvalue weighted by molar-refractivity contribution is 8.01. The van der Waals surface area contributed by atoms with Crippen molar-refractivity contribution in [3.63, 3.8) is 0 Å². The fourth-order valence-corrected chi connectivity index (χ4v) is 3.07. The summed E-state index contributed by atoms with van der Waals surface area (Å²) in [7, 11) is 0. The second-order valence-electron chi connectivity index (χ2n) is 3.16. The zero-order valence-electron chi connectivity index (χ0n) is 7.86. The summed E-state index contributed by atoms with van der Waals surface area (Å²) in [4.78, 5) is 4.48. The maximum absolute atomic E-state index is 7.42. The maximum Gasteiger partial charge on any atom is 0.151 e. The van der Waals surface area contributed by atoms with Crippen molar-refractivity contribution in [2.45, 2.75) is 17.3 Å². The summed E-state index contributed by atoms with van der Waals surface area (Å²) < 4.78 is 2.30. The quantitative estimate of drug-likeness (QED) is 0.750. The van der Waals surface area contributed by atoms with Crippen molar-refractivity contribution in [2.75, 3.05) is 5.75 Å². The van der Waals surface area contributed by atoms with Crippen molar-refractivity contribution in [3.8, 4) is 0 Å². The number of nitrogens with zero attached hydrogens (tertiary/aromatic N) is 1. The van der Waals surface area contributed by atoms with Crippen LogP contribution in [0, 0.1) is 0 Å². The number of fused-ring (bicyclic) bond motifs is 1. The lowest BCUT2D eigenvalue weighted by Gasteiger charge is -1.98. The van der Waals surface area contributed by atoms with Crippen LogP contribution in [0.1, 0.15) is 6.92 Å². The van der Waals surface area contributed by atoms with Crippen molar-refractivity contribution in [3.05, 3.63) is 24.3 Å². The summed E-state index contributed by atoms with van der Waals surface area (Å²) in [6.07, 6.45) is 0. The normalized spacial score (nSPS) is 13.3. The Morgan fingerprint density at radius 2 is 2.29 bits per heavy atom. The number of thioether (sulfide) groups is 1. The monoisotopic (exact) mass is 223 g/mol. The van der Waals surface area contributed by atoms with Crippen LogP contribution in [-0.4, -0.2) is 16.8 Å². The van der Waals surface area contributed by atoms with E-state index in [0.29, 0.717) is 0 Å². The molecule has 1 N–H and O–H groups in total.